The van der Waals surface area contributed by atoms with Crippen molar-refractivity contribution in [3.63, 3.8) is 0 Å². The molecular formula is C17H12N2O2. The summed E-state index contributed by atoms with van der Waals surface area (Å²) in [5.41, 5.74) is 3.91. The van der Waals surface area contributed by atoms with Gasteiger partial charge in [0.15, 0.2) is 0 Å². The zero-order valence-corrected chi connectivity index (χ0v) is 11.1. The summed E-state index contributed by atoms with van der Waals surface area (Å²) in [4.78, 5) is 0. The molecule has 4 aromatic rings. The Morgan fingerprint density at radius 3 is 2.76 bits per heavy atom. The van der Waals surface area contributed by atoms with E-state index in [0.29, 0.717) is 0 Å². The van der Waals surface area contributed by atoms with E-state index in [0.717, 1.165) is 27.7 Å². The standard InChI is InChI=1S/C17H12N2O2/c20-16-3-1-2-15(9-16)19-17-8-12(14-6-7-21-11-14)4-5-13(17)10-18-19/h1-11,20H. The average Bonchev–Trinajstić information content (AvgIpc) is 3.16. The number of aromatic hydroxyl groups is 1. The lowest BCUT2D eigenvalue weighted by Crippen LogP contribution is -1.95. The molecule has 4 nitrogen and oxygen atoms in total. The lowest BCUT2D eigenvalue weighted by molar-refractivity contribution is 0.475. The molecule has 2 aromatic heterocycles. The highest BCUT2D eigenvalue weighted by Crippen LogP contribution is 2.27. The minimum absolute atomic E-state index is 0.224. The van der Waals surface area contributed by atoms with Crippen LogP contribution < -0.4 is 0 Å². The summed E-state index contributed by atoms with van der Waals surface area (Å²) in [5.74, 6) is 0.224. The maximum absolute atomic E-state index is 9.64. The van der Waals surface area contributed by atoms with E-state index in [2.05, 4.69) is 11.2 Å². The number of hydrogen-bond acceptors (Lipinski definition) is 3. The summed E-state index contributed by atoms with van der Waals surface area (Å²) in [6, 6.07) is 15.1. The van der Waals surface area contributed by atoms with Crippen molar-refractivity contribution < 1.29 is 9.52 Å². The van der Waals surface area contributed by atoms with E-state index in [1.54, 1.807) is 30.7 Å². The molecule has 0 fully saturated rings. The van der Waals surface area contributed by atoms with Gasteiger partial charge in [0.2, 0.25) is 0 Å². The molecule has 1 N–H and O–H groups in total. The normalized spacial score (nSPS) is 11.0. The topological polar surface area (TPSA) is 51.2 Å². The third kappa shape index (κ3) is 1.97. The molecule has 0 bridgehead atoms. The van der Waals surface area contributed by atoms with Crippen LogP contribution in [-0.4, -0.2) is 14.9 Å². The quantitative estimate of drug-likeness (QED) is 0.602. The van der Waals surface area contributed by atoms with Crippen molar-refractivity contribution in [2.75, 3.05) is 0 Å². The molecule has 0 aliphatic heterocycles. The molecule has 0 aliphatic carbocycles. The number of benzene rings is 2. The monoisotopic (exact) mass is 276 g/mol. The molecule has 21 heavy (non-hydrogen) atoms. The van der Waals surface area contributed by atoms with Crippen LogP contribution >= 0.6 is 0 Å². The first-order valence-corrected chi connectivity index (χ1v) is 6.61. The van der Waals surface area contributed by atoms with Crippen molar-refractivity contribution in [2.45, 2.75) is 0 Å². The molecule has 0 saturated carbocycles. The van der Waals surface area contributed by atoms with E-state index in [1.807, 2.05) is 35.1 Å². The van der Waals surface area contributed by atoms with Gasteiger partial charge in [-0.1, -0.05) is 18.2 Å². The second-order valence-electron chi connectivity index (χ2n) is 4.86. The van der Waals surface area contributed by atoms with E-state index >= 15 is 0 Å². The average molecular weight is 276 g/mol. The van der Waals surface area contributed by atoms with Crippen LogP contribution in [0.2, 0.25) is 0 Å². The van der Waals surface area contributed by atoms with E-state index in [9.17, 15) is 5.11 Å². The highest BCUT2D eigenvalue weighted by atomic mass is 16.3. The van der Waals surface area contributed by atoms with Gasteiger partial charge < -0.3 is 9.52 Å². The third-order valence-corrected chi connectivity index (χ3v) is 3.50. The van der Waals surface area contributed by atoms with Crippen LogP contribution in [0.4, 0.5) is 0 Å². The van der Waals surface area contributed by atoms with Crippen LogP contribution in [0.5, 0.6) is 5.75 Å². The fourth-order valence-corrected chi connectivity index (χ4v) is 2.46. The maximum atomic E-state index is 9.64. The molecule has 4 heteroatoms. The van der Waals surface area contributed by atoms with Gasteiger partial charge in [0.05, 0.1) is 29.9 Å². The Bertz CT molecular complexity index is 908. The SMILES string of the molecule is Oc1cccc(-n2ncc3ccc(-c4ccoc4)cc32)c1. The summed E-state index contributed by atoms with van der Waals surface area (Å²) in [5, 5.41) is 15.1. The Morgan fingerprint density at radius 1 is 1.00 bits per heavy atom. The molecule has 102 valence electrons. The first-order chi connectivity index (χ1) is 10.3. The lowest BCUT2D eigenvalue weighted by atomic mass is 10.1. The van der Waals surface area contributed by atoms with Crippen LogP contribution in [-0.2, 0) is 0 Å². The fourth-order valence-electron chi connectivity index (χ4n) is 2.46. The summed E-state index contributed by atoms with van der Waals surface area (Å²) < 4.78 is 6.96. The number of phenolic OH excluding ortho intramolecular Hbond substituents is 1. The largest absolute Gasteiger partial charge is 0.508 e. The van der Waals surface area contributed by atoms with Crippen LogP contribution in [0.15, 0.2) is 71.7 Å². The van der Waals surface area contributed by atoms with Crippen LogP contribution in [0, 0.1) is 0 Å². The molecule has 0 radical (unpaired) electrons. The van der Waals surface area contributed by atoms with Crippen LogP contribution in [0.25, 0.3) is 27.7 Å². The summed E-state index contributed by atoms with van der Waals surface area (Å²) in [6.45, 7) is 0. The van der Waals surface area contributed by atoms with Gasteiger partial charge in [-0.15, -0.1) is 0 Å². The van der Waals surface area contributed by atoms with Gasteiger partial charge in [-0.3, -0.25) is 0 Å². The van der Waals surface area contributed by atoms with Crippen molar-refractivity contribution in [2.24, 2.45) is 0 Å². The highest BCUT2D eigenvalue weighted by molar-refractivity contribution is 5.85. The Morgan fingerprint density at radius 2 is 1.95 bits per heavy atom. The van der Waals surface area contributed by atoms with E-state index in [-0.39, 0.29) is 5.75 Å². The fraction of sp³-hybridized carbons (Fsp3) is 0. The lowest BCUT2D eigenvalue weighted by Gasteiger charge is -2.05. The first kappa shape index (κ1) is 11.8. The molecule has 2 heterocycles. The molecule has 2 aromatic carbocycles. The van der Waals surface area contributed by atoms with Gasteiger partial charge in [-0.05, 0) is 29.8 Å². The number of hydrogen-bond donors (Lipinski definition) is 1. The van der Waals surface area contributed by atoms with E-state index in [1.165, 1.54) is 0 Å². The predicted octanol–water partition coefficient (Wildman–Crippen LogP) is 3.99. The second kappa shape index (κ2) is 4.52. The zero-order valence-electron chi connectivity index (χ0n) is 11.1. The molecule has 0 aliphatic rings. The third-order valence-electron chi connectivity index (χ3n) is 3.50. The molecule has 0 spiro atoms. The van der Waals surface area contributed by atoms with Gasteiger partial charge in [0, 0.05) is 17.0 Å². The van der Waals surface area contributed by atoms with Crippen molar-refractivity contribution in [1.82, 2.24) is 9.78 Å². The number of fused-ring (bicyclic) bond motifs is 1. The van der Waals surface area contributed by atoms with Gasteiger partial charge in [0.25, 0.3) is 0 Å². The Labute approximate surface area is 120 Å². The Balaban J connectivity index is 1.92. The van der Waals surface area contributed by atoms with Gasteiger partial charge in [-0.25, -0.2) is 4.68 Å². The Kier molecular flexibility index (Phi) is 2.54. The molecule has 4 rings (SSSR count). The first-order valence-electron chi connectivity index (χ1n) is 6.61. The number of rotatable bonds is 2. The van der Waals surface area contributed by atoms with Gasteiger partial charge >= 0.3 is 0 Å². The minimum atomic E-state index is 0.224. The number of nitrogens with zero attached hydrogens (tertiary/aromatic N) is 2. The molecular weight excluding hydrogens is 264 g/mol. The minimum Gasteiger partial charge on any atom is -0.508 e. The number of furan rings is 1. The molecule has 0 atom stereocenters. The van der Waals surface area contributed by atoms with Crippen LogP contribution in [0.3, 0.4) is 0 Å². The maximum Gasteiger partial charge on any atom is 0.117 e. The summed E-state index contributed by atoms with van der Waals surface area (Å²) in [6.07, 6.45) is 5.20. The smallest absolute Gasteiger partial charge is 0.117 e. The van der Waals surface area contributed by atoms with Crippen molar-refractivity contribution >= 4 is 10.9 Å². The number of phenols is 1. The Hall–Kier alpha value is -3.01. The van der Waals surface area contributed by atoms with Gasteiger partial charge in [0.1, 0.15) is 5.75 Å². The van der Waals surface area contributed by atoms with Crippen molar-refractivity contribution in [3.05, 3.63) is 67.3 Å². The van der Waals surface area contributed by atoms with Gasteiger partial charge in [-0.2, -0.15) is 5.10 Å². The van der Waals surface area contributed by atoms with E-state index < -0.39 is 0 Å². The predicted molar refractivity (Wildman–Crippen MR) is 80.4 cm³/mol. The summed E-state index contributed by atoms with van der Waals surface area (Å²) in [7, 11) is 0. The molecule has 0 unspecified atom stereocenters. The van der Waals surface area contributed by atoms with Crippen LogP contribution in [0.1, 0.15) is 0 Å². The number of aromatic nitrogens is 2. The molecule has 0 saturated heterocycles. The highest BCUT2D eigenvalue weighted by Gasteiger charge is 2.08. The second-order valence-corrected chi connectivity index (χ2v) is 4.86. The summed E-state index contributed by atoms with van der Waals surface area (Å²) >= 11 is 0. The zero-order chi connectivity index (χ0) is 14.2. The van der Waals surface area contributed by atoms with E-state index in [4.69, 9.17) is 4.42 Å². The molecule has 0 amide bonds. The van der Waals surface area contributed by atoms with Crippen molar-refractivity contribution in [1.29, 1.82) is 0 Å². The van der Waals surface area contributed by atoms with Crippen molar-refractivity contribution in [3.8, 4) is 22.6 Å².